The van der Waals surface area contributed by atoms with Crippen LogP contribution in [0.2, 0.25) is 0 Å². The van der Waals surface area contributed by atoms with Crippen LogP contribution in [0, 0.1) is 0 Å². The Labute approximate surface area is 121 Å². The first-order valence-electron chi connectivity index (χ1n) is 6.46. The molecule has 2 aromatic heterocycles. The topological polar surface area (TPSA) is 55.6 Å². The van der Waals surface area contributed by atoms with Crippen molar-refractivity contribution in [1.82, 2.24) is 19.7 Å². The van der Waals surface area contributed by atoms with Gasteiger partial charge in [-0.2, -0.15) is 5.10 Å². The van der Waals surface area contributed by atoms with Gasteiger partial charge in [0.05, 0.1) is 10.2 Å². The van der Waals surface area contributed by atoms with Gasteiger partial charge >= 0.3 is 0 Å². The second kappa shape index (κ2) is 6.14. The highest BCUT2D eigenvalue weighted by Crippen LogP contribution is 2.27. The summed E-state index contributed by atoms with van der Waals surface area (Å²) in [6.07, 6.45) is 3.73. The zero-order valence-electron chi connectivity index (χ0n) is 11.4. The molecule has 0 saturated heterocycles. The molecule has 2 aromatic rings. The second-order valence-electron chi connectivity index (χ2n) is 4.28. The number of hydrogen-bond donors (Lipinski definition) is 1. The Balaban J connectivity index is 2.52. The molecule has 0 bridgehead atoms. The van der Waals surface area contributed by atoms with E-state index in [1.807, 2.05) is 13.1 Å². The predicted octanol–water partition coefficient (Wildman–Crippen LogP) is 3.02. The van der Waals surface area contributed by atoms with Crippen LogP contribution in [0.1, 0.15) is 26.0 Å². The number of rotatable bonds is 5. The molecule has 0 unspecified atom stereocenters. The highest BCUT2D eigenvalue weighted by molar-refractivity contribution is 9.10. The molecular formula is C13H18BrN5. The van der Waals surface area contributed by atoms with Gasteiger partial charge in [-0.15, -0.1) is 0 Å². The number of aromatic nitrogens is 4. The maximum atomic E-state index is 4.65. The second-order valence-corrected chi connectivity index (χ2v) is 5.07. The first kappa shape index (κ1) is 14.0. The normalized spacial score (nSPS) is 10.7. The van der Waals surface area contributed by atoms with Gasteiger partial charge in [-0.05, 0) is 35.3 Å². The fraction of sp³-hybridized carbons (Fsp3) is 0.462. The Morgan fingerprint density at radius 3 is 2.68 bits per heavy atom. The molecule has 0 radical (unpaired) electrons. The average Bonchev–Trinajstić information content (AvgIpc) is 2.81. The molecule has 0 spiro atoms. The van der Waals surface area contributed by atoms with Crippen LogP contribution in [0.25, 0.3) is 11.5 Å². The summed E-state index contributed by atoms with van der Waals surface area (Å²) in [6, 6.07) is 1.93. The lowest BCUT2D eigenvalue weighted by atomic mass is 10.2. The van der Waals surface area contributed by atoms with Crippen molar-refractivity contribution in [2.45, 2.75) is 26.7 Å². The third kappa shape index (κ3) is 2.94. The Hall–Kier alpha value is -1.43. The minimum Gasteiger partial charge on any atom is -0.369 e. The quantitative estimate of drug-likeness (QED) is 0.918. The lowest BCUT2D eigenvalue weighted by molar-refractivity contribution is 0.766. The van der Waals surface area contributed by atoms with Crippen molar-refractivity contribution in [1.29, 1.82) is 0 Å². The zero-order chi connectivity index (χ0) is 13.8. The molecule has 0 amide bonds. The predicted molar refractivity (Wildman–Crippen MR) is 80.1 cm³/mol. The number of halogens is 1. The standard InChI is InChI=1S/C13H18BrN5/c1-4-6-9-11(14)13(15-5-2)18-12(17-9)10-7-8-16-19(10)3/h7-8H,4-6H2,1-3H3,(H,15,17,18). The maximum absolute atomic E-state index is 4.65. The van der Waals surface area contributed by atoms with E-state index in [1.165, 1.54) is 0 Å². The maximum Gasteiger partial charge on any atom is 0.180 e. The lowest BCUT2D eigenvalue weighted by Gasteiger charge is -2.11. The molecule has 5 nitrogen and oxygen atoms in total. The minimum absolute atomic E-state index is 0.711. The van der Waals surface area contributed by atoms with E-state index < -0.39 is 0 Å². The van der Waals surface area contributed by atoms with Crippen LogP contribution < -0.4 is 5.32 Å². The molecule has 0 aliphatic heterocycles. The summed E-state index contributed by atoms with van der Waals surface area (Å²) in [5.74, 6) is 1.56. The Morgan fingerprint density at radius 2 is 2.11 bits per heavy atom. The van der Waals surface area contributed by atoms with E-state index in [1.54, 1.807) is 10.9 Å². The van der Waals surface area contributed by atoms with E-state index in [0.29, 0.717) is 5.82 Å². The molecule has 0 aromatic carbocycles. The van der Waals surface area contributed by atoms with Gasteiger partial charge in [-0.25, -0.2) is 9.97 Å². The third-order valence-electron chi connectivity index (χ3n) is 2.80. The monoisotopic (exact) mass is 323 g/mol. The van der Waals surface area contributed by atoms with Gasteiger partial charge in [-0.3, -0.25) is 4.68 Å². The van der Waals surface area contributed by atoms with Crippen molar-refractivity contribution < 1.29 is 0 Å². The van der Waals surface area contributed by atoms with Gasteiger partial charge in [0, 0.05) is 19.8 Å². The molecule has 0 fully saturated rings. The van der Waals surface area contributed by atoms with Crippen LogP contribution in [0.15, 0.2) is 16.7 Å². The number of hydrogen-bond acceptors (Lipinski definition) is 4. The molecule has 0 saturated carbocycles. The summed E-state index contributed by atoms with van der Waals surface area (Å²) in [7, 11) is 1.90. The SMILES string of the molecule is CCCc1nc(-c2ccnn2C)nc(NCC)c1Br. The first-order valence-corrected chi connectivity index (χ1v) is 7.25. The van der Waals surface area contributed by atoms with E-state index >= 15 is 0 Å². The largest absolute Gasteiger partial charge is 0.369 e. The van der Waals surface area contributed by atoms with Gasteiger partial charge in [0.1, 0.15) is 11.5 Å². The Morgan fingerprint density at radius 1 is 1.32 bits per heavy atom. The smallest absolute Gasteiger partial charge is 0.180 e. The molecule has 2 rings (SSSR count). The molecule has 19 heavy (non-hydrogen) atoms. The minimum atomic E-state index is 0.711. The fourth-order valence-corrected chi connectivity index (χ4v) is 2.40. The van der Waals surface area contributed by atoms with Crippen molar-refractivity contribution >= 4 is 21.7 Å². The number of nitrogens with zero attached hydrogens (tertiary/aromatic N) is 4. The molecule has 0 atom stereocenters. The van der Waals surface area contributed by atoms with Gasteiger partial charge in [0.25, 0.3) is 0 Å². The van der Waals surface area contributed by atoms with Gasteiger partial charge < -0.3 is 5.32 Å². The summed E-state index contributed by atoms with van der Waals surface area (Å²) >= 11 is 3.59. The first-order chi connectivity index (χ1) is 9.17. The molecule has 102 valence electrons. The summed E-state index contributed by atoms with van der Waals surface area (Å²) in [4.78, 5) is 9.23. The molecular weight excluding hydrogens is 306 g/mol. The highest BCUT2D eigenvalue weighted by atomic mass is 79.9. The number of anilines is 1. The van der Waals surface area contributed by atoms with E-state index in [4.69, 9.17) is 0 Å². The molecule has 2 heterocycles. The van der Waals surface area contributed by atoms with E-state index in [9.17, 15) is 0 Å². The molecule has 6 heteroatoms. The average molecular weight is 324 g/mol. The summed E-state index contributed by atoms with van der Waals surface area (Å²) < 4.78 is 2.75. The van der Waals surface area contributed by atoms with Crippen LogP contribution >= 0.6 is 15.9 Å². The van der Waals surface area contributed by atoms with Gasteiger partial charge in [0.15, 0.2) is 5.82 Å². The number of nitrogens with one attached hydrogen (secondary N) is 1. The van der Waals surface area contributed by atoms with E-state index in [2.05, 4.69) is 50.2 Å². The molecule has 1 N–H and O–H groups in total. The summed E-state index contributed by atoms with van der Waals surface area (Å²) in [6.45, 7) is 5.02. The van der Waals surface area contributed by atoms with Crippen LogP contribution in [-0.4, -0.2) is 26.3 Å². The van der Waals surface area contributed by atoms with Crippen molar-refractivity contribution in [3.8, 4) is 11.5 Å². The van der Waals surface area contributed by atoms with E-state index in [-0.39, 0.29) is 0 Å². The van der Waals surface area contributed by atoms with E-state index in [0.717, 1.165) is 41.1 Å². The molecule has 0 aliphatic carbocycles. The molecule has 0 aliphatic rings. The Bertz CT molecular complexity index is 537. The van der Waals surface area contributed by atoms with Gasteiger partial charge in [-0.1, -0.05) is 13.3 Å². The third-order valence-corrected chi connectivity index (χ3v) is 3.63. The van der Waals surface area contributed by atoms with Crippen LogP contribution in [-0.2, 0) is 13.5 Å². The van der Waals surface area contributed by atoms with Crippen molar-refractivity contribution in [3.63, 3.8) is 0 Å². The fourth-order valence-electron chi connectivity index (χ4n) is 1.89. The Kier molecular flexibility index (Phi) is 4.52. The van der Waals surface area contributed by atoms with Gasteiger partial charge in [0.2, 0.25) is 0 Å². The number of aryl methyl sites for hydroxylation is 2. The lowest BCUT2D eigenvalue weighted by Crippen LogP contribution is -2.07. The van der Waals surface area contributed by atoms with Crippen LogP contribution in [0.3, 0.4) is 0 Å². The highest BCUT2D eigenvalue weighted by Gasteiger charge is 2.14. The van der Waals surface area contributed by atoms with Crippen molar-refractivity contribution in [2.24, 2.45) is 7.05 Å². The van der Waals surface area contributed by atoms with Crippen molar-refractivity contribution in [3.05, 3.63) is 22.4 Å². The summed E-state index contributed by atoms with van der Waals surface area (Å²) in [5, 5.41) is 7.44. The van der Waals surface area contributed by atoms with Crippen LogP contribution in [0.4, 0.5) is 5.82 Å². The van der Waals surface area contributed by atoms with Crippen molar-refractivity contribution in [2.75, 3.05) is 11.9 Å². The summed E-state index contributed by atoms with van der Waals surface area (Å²) in [5.41, 5.74) is 1.95. The zero-order valence-corrected chi connectivity index (χ0v) is 13.0. The van der Waals surface area contributed by atoms with Crippen LogP contribution in [0.5, 0.6) is 0 Å².